The van der Waals surface area contributed by atoms with E-state index in [1.54, 1.807) is 12.1 Å². The molecule has 1 aromatic rings. The van der Waals surface area contributed by atoms with Gasteiger partial charge in [0.2, 0.25) is 0 Å². The van der Waals surface area contributed by atoms with Gasteiger partial charge in [-0.1, -0.05) is 56.6 Å². The highest BCUT2D eigenvalue weighted by atomic mass is 28.3. The molecular weight excluding hydrogens is 216 g/mol. The molecule has 0 saturated heterocycles. The molecule has 86 valence electrons. The summed E-state index contributed by atoms with van der Waals surface area (Å²) in [6, 6.07) is 9.15. The van der Waals surface area contributed by atoms with Gasteiger partial charge in [-0.05, 0) is 5.56 Å². The minimum absolute atomic E-state index is 0.0313. The van der Waals surface area contributed by atoms with E-state index in [4.69, 9.17) is 0 Å². The number of benzene rings is 1. The minimum atomic E-state index is -1.92. The lowest BCUT2D eigenvalue weighted by Gasteiger charge is -2.20. The molecule has 0 aliphatic heterocycles. The number of hydrogen-bond acceptors (Lipinski definition) is 2. The van der Waals surface area contributed by atoms with E-state index in [-0.39, 0.29) is 5.41 Å². The van der Waals surface area contributed by atoms with Crippen LogP contribution in [0, 0.1) is 0 Å². The summed E-state index contributed by atoms with van der Waals surface area (Å²) < 4.78 is 0. The Morgan fingerprint density at radius 2 is 1.75 bits per heavy atom. The van der Waals surface area contributed by atoms with Crippen LogP contribution in [-0.2, 0) is 4.79 Å². The first kappa shape index (κ1) is 12.9. The zero-order chi connectivity index (χ0) is 12.3. The summed E-state index contributed by atoms with van der Waals surface area (Å²) in [5.74, 6) is 0. The van der Waals surface area contributed by atoms with E-state index in [1.807, 2.05) is 37.8 Å². The molecule has 0 spiro atoms. The topological polar surface area (TPSA) is 37.3 Å². The maximum atomic E-state index is 12.0. The fraction of sp³-hybridized carbons (Fsp3) is 0.308. The van der Waals surface area contributed by atoms with Crippen molar-refractivity contribution < 1.29 is 9.90 Å². The molecule has 0 aliphatic rings. The Hall–Kier alpha value is -1.19. The molecular formula is C13H18O2Si. The SMILES string of the molecule is C=C(C(=O)[Si](C)(C)C)C(O)c1ccccc1. The van der Waals surface area contributed by atoms with Crippen LogP contribution in [0.3, 0.4) is 0 Å². The van der Waals surface area contributed by atoms with Gasteiger partial charge in [0.05, 0.1) is 0 Å². The molecule has 1 atom stereocenters. The highest BCUT2D eigenvalue weighted by Crippen LogP contribution is 2.23. The van der Waals surface area contributed by atoms with Crippen LogP contribution in [-0.4, -0.2) is 18.6 Å². The Kier molecular flexibility index (Phi) is 3.83. The van der Waals surface area contributed by atoms with Gasteiger partial charge in [-0.15, -0.1) is 0 Å². The summed E-state index contributed by atoms with van der Waals surface area (Å²) in [7, 11) is -1.92. The number of rotatable bonds is 4. The van der Waals surface area contributed by atoms with Crippen molar-refractivity contribution in [2.75, 3.05) is 0 Å². The van der Waals surface area contributed by atoms with Gasteiger partial charge in [0.15, 0.2) is 0 Å². The Bertz CT molecular complexity index is 390. The molecule has 3 heteroatoms. The number of aliphatic hydroxyl groups excluding tert-OH is 1. The van der Waals surface area contributed by atoms with E-state index in [0.29, 0.717) is 5.57 Å². The number of carbonyl (C=O) groups excluding carboxylic acids is 1. The monoisotopic (exact) mass is 234 g/mol. The van der Waals surface area contributed by atoms with Crippen LogP contribution in [0.15, 0.2) is 42.5 Å². The number of hydrogen-bond donors (Lipinski definition) is 1. The van der Waals surface area contributed by atoms with Crippen LogP contribution in [0.4, 0.5) is 0 Å². The van der Waals surface area contributed by atoms with Crippen molar-refractivity contribution in [2.45, 2.75) is 25.7 Å². The Morgan fingerprint density at radius 1 is 1.25 bits per heavy atom. The summed E-state index contributed by atoms with van der Waals surface area (Å²) in [5, 5.41) is 10.1. The Labute approximate surface area is 97.6 Å². The second-order valence-corrected chi connectivity index (χ2v) is 9.87. The van der Waals surface area contributed by atoms with Crippen molar-refractivity contribution in [1.29, 1.82) is 0 Å². The van der Waals surface area contributed by atoms with Gasteiger partial charge >= 0.3 is 0 Å². The predicted octanol–water partition coefficient (Wildman–Crippen LogP) is 2.72. The molecule has 0 fully saturated rings. The molecule has 2 nitrogen and oxygen atoms in total. The molecule has 1 N–H and O–H groups in total. The van der Waals surface area contributed by atoms with Gasteiger partial charge in [0.25, 0.3) is 0 Å². The second-order valence-electron chi connectivity index (χ2n) is 4.92. The molecule has 1 rings (SSSR count). The quantitative estimate of drug-likeness (QED) is 0.642. The lowest BCUT2D eigenvalue weighted by molar-refractivity contribution is -0.110. The van der Waals surface area contributed by atoms with E-state index >= 15 is 0 Å². The summed E-state index contributed by atoms with van der Waals surface area (Å²) in [6.07, 6.45) is -0.875. The molecule has 0 amide bonds. The smallest absolute Gasteiger partial charge is 0.138 e. The van der Waals surface area contributed by atoms with E-state index in [1.165, 1.54) is 0 Å². The third-order valence-electron chi connectivity index (χ3n) is 2.42. The van der Waals surface area contributed by atoms with Gasteiger partial charge in [0, 0.05) is 5.57 Å². The van der Waals surface area contributed by atoms with Crippen molar-refractivity contribution in [3.63, 3.8) is 0 Å². The Balaban J connectivity index is 2.88. The lowest BCUT2D eigenvalue weighted by Crippen LogP contribution is -2.35. The first-order valence-corrected chi connectivity index (χ1v) is 8.80. The van der Waals surface area contributed by atoms with Crippen LogP contribution < -0.4 is 0 Å². The van der Waals surface area contributed by atoms with Gasteiger partial charge < -0.3 is 9.90 Å². The van der Waals surface area contributed by atoms with Crippen LogP contribution in [0.25, 0.3) is 0 Å². The van der Waals surface area contributed by atoms with E-state index < -0.39 is 14.2 Å². The summed E-state index contributed by atoms with van der Waals surface area (Å²) >= 11 is 0. The van der Waals surface area contributed by atoms with Gasteiger partial charge in [-0.2, -0.15) is 0 Å². The lowest BCUT2D eigenvalue weighted by atomic mass is 10.0. The molecule has 1 unspecified atom stereocenters. The van der Waals surface area contributed by atoms with Crippen LogP contribution in [0.5, 0.6) is 0 Å². The fourth-order valence-corrected chi connectivity index (χ4v) is 2.54. The largest absolute Gasteiger partial charge is 0.384 e. The first-order valence-electron chi connectivity index (χ1n) is 5.30. The maximum absolute atomic E-state index is 12.0. The number of aliphatic hydroxyl groups is 1. The summed E-state index contributed by atoms with van der Waals surface area (Å²) in [6.45, 7) is 9.60. The molecule has 0 aromatic heterocycles. The predicted molar refractivity (Wildman–Crippen MR) is 68.9 cm³/mol. The minimum Gasteiger partial charge on any atom is -0.384 e. The van der Waals surface area contributed by atoms with Crippen molar-refractivity contribution in [2.24, 2.45) is 0 Å². The van der Waals surface area contributed by atoms with Crippen molar-refractivity contribution in [3.8, 4) is 0 Å². The fourth-order valence-electron chi connectivity index (χ4n) is 1.44. The summed E-state index contributed by atoms with van der Waals surface area (Å²) in [5.41, 5.74) is 1.03. The highest BCUT2D eigenvalue weighted by molar-refractivity contribution is 7.05. The highest BCUT2D eigenvalue weighted by Gasteiger charge is 2.29. The van der Waals surface area contributed by atoms with Crippen molar-refractivity contribution >= 4 is 13.5 Å². The standard InChI is InChI=1S/C13H18O2Si/c1-10(13(15)16(2,3)4)12(14)11-8-6-5-7-9-11/h5-9,12,14H,1H2,2-4H3. The molecule has 0 bridgehead atoms. The summed E-state index contributed by atoms with van der Waals surface area (Å²) in [4.78, 5) is 12.0. The Morgan fingerprint density at radius 3 is 2.19 bits per heavy atom. The van der Waals surface area contributed by atoms with Gasteiger partial charge in [-0.25, -0.2) is 0 Å². The van der Waals surface area contributed by atoms with Crippen LogP contribution in [0.1, 0.15) is 11.7 Å². The molecule has 0 aliphatic carbocycles. The normalized spacial score (nSPS) is 13.2. The van der Waals surface area contributed by atoms with E-state index in [9.17, 15) is 9.90 Å². The van der Waals surface area contributed by atoms with E-state index in [0.717, 1.165) is 5.56 Å². The molecule has 0 radical (unpaired) electrons. The molecule has 0 heterocycles. The van der Waals surface area contributed by atoms with Crippen LogP contribution in [0.2, 0.25) is 19.6 Å². The zero-order valence-electron chi connectivity index (χ0n) is 10.0. The van der Waals surface area contributed by atoms with Gasteiger partial charge in [0.1, 0.15) is 19.6 Å². The van der Waals surface area contributed by atoms with Crippen molar-refractivity contribution in [3.05, 3.63) is 48.0 Å². The third-order valence-corrected chi connectivity index (χ3v) is 4.10. The second kappa shape index (κ2) is 4.76. The average Bonchev–Trinajstić information content (AvgIpc) is 2.26. The van der Waals surface area contributed by atoms with Crippen molar-refractivity contribution in [1.82, 2.24) is 0 Å². The maximum Gasteiger partial charge on any atom is 0.138 e. The van der Waals surface area contributed by atoms with Crippen LogP contribution >= 0.6 is 0 Å². The van der Waals surface area contributed by atoms with E-state index in [2.05, 4.69) is 6.58 Å². The molecule has 1 aromatic carbocycles. The van der Waals surface area contributed by atoms with Gasteiger partial charge in [-0.3, -0.25) is 0 Å². The zero-order valence-corrected chi connectivity index (χ0v) is 11.0. The molecule has 0 saturated carbocycles. The molecule has 16 heavy (non-hydrogen) atoms. The third kappa shape index (κ3) is 2.90. The average molecular weight is 234 g/mol. The number of carbonyl (C=O) groups is 1. The first-order chi connectivity index (χ1) is 7.34.